The Morgan fingerprint density at radius 1 is 1.17 bits per heavy atom. The van der Waals surface area contributed by atoms with Crippen LogP contribution in [-0.2, 0) is 6.54 Å². The number of aromatic nitrogens is 3. The molecule has 0 saturated heterocycles. The summed E-state index contributed by atoms with van der Waals surface area (Å²) in [7, 11) is 0. The first-order valence-corrected chi connectivity index (χ1v) is 7.36. The van der Waals surface area contributed by atoms with Gasteiger partial charge in [-0.25, -0.2) is 0 Å². The van der Waals surface area contributed by atoms with Crippen LogP contribution in [0.1, 0.15) is 23.7 Å². The van der Waals surface area contributed by atoms with E-state index in [1.54, 1.807) is 11.8 Å². The summed E-state index contributed by atoms with van der Waals surface area (Å²) in [4.78, 5) is 4.68. The Labute approximate surface area is 113 Å². The molecule has 0 fully saturated rings. The fourth-order valence-electron chi connectivity index (χ4n) is 2.01. The van der Waals surface area contributed by atoms with Crippen LogP contribution >= 0.6 is 11.8 Å². The summed E-state index contributed by atoms with van der Waals surface area (Å²) in [5.74, 6) is 0. The van der Waals surface area contributed by atoms with Crippen molar-refractivity contribution in [3.8, 4) is 11.4 Å². The van der Waals surface area contributed by atoms with Gasteiger partial charge < -0.3 is 0 Å². The smallest absolute Gasteiger partial charge is 0.112 e. The Kier molecular flexibility index (Phi) is 3.76. The van der Waals surface area contributed by atoms with Gasteiger partial charge in [0, 0.05) is 12.2 Å². The minimum atomic E-state index is 0.889. The molecule has 0 saturated carbocycles. The average Bonchev–Trinajstić information content (AvgIpc) is 2.76. The van der Waals surface area contributed by atoms with Crippen molar-refractivity contribution in [3.63, 3.8) is 0 Å². The highest BCUT2D eigenvalue weighted by atomic mass is 32.2. The van der Waals surface area contributed by atoms with Gasteiger partial charge in [-0.1, -0.05) is 6.07 Å². The molecule has 0 radical (unpaired) electrons. The van der Waals surface area contributed by atoms with Gasteiger partial charge in [0.05, 0.1) is 10.7 Å². The Bertz CT molecular complexity index is 551. The predicted molar refractivity (Wildman–Crippen MR) is 77.1 cm³/mol. The number of pyridine rings is 1. The third-order valence-electron chi connectivity index (χ3n) is 3.15. The molecule has 0 aliphatic heterocycles. The van der Waals surface area contributed by atoms with E-state index in [2.05, 4.69) is 49.2 Å². The van der Waals surface area contributed by atoms with E-state index in [1.807, 2.05) is 11.6 Å². The van der Waals surface area contributed by atoms with E-state index >= 15 is 0 Å². The number of hydrogen-bond acceptors (Lipinski definition) is 3. The highest BCUT2D eigenvalue weighted by molar-refractivity contribution is 7.98. The molecule has 2 heterocycles. The van der Waals surface area contributed by atoms with Crippen molar-refractivity contribution in [2.24, 2.45) is 0 Å². The van der Waals surface area contributed by atoms with Crippen molar-refractivity contribution < 1.29 is 0 Å². The maximum atomic E-state index is 4.68. The molecular weight excluding hydrogens is 242 g/mol. The fourth-order valence-corrected chi connectivity index (χ4v) is 2.62. The lowest BCUT2D eigenvalue weighted by Gasteiger charge is -2.06. The van der Waals surface area contributed by atoms with Crippen LogP contribution in [0, 0.1) is 20.8 Å². The summed E-state index contributed by atoms with van der Waals surface area (Å²) in [6, 6.07) is 4.31. The highest BCUT2D eigenvalue weighted by Crippen LogP contribution is 2.26. The standard InChI is InChI=1S/C14H19N3S/c1-6-17-13(18-5)8-12(16-17)14-10(3)7-9(2)11(4)15-14/h7-8H,6H2,1-5H3. The largest absolute Gasteiger partial charge is 0.259 e. The molecule has 0 N–H and O–H groups in total. The molecule has 0 aliphatic carbocycles. The number of hydrogen-bond donors (Lipinski definition) is 0. The number of nitrogens with zero attached hydrogens (tertiary/aromatic N) is 3. The van der Waals surface area contributed by atoms with E-state index in [0.29, 0.717) is 0 Å². The summed E-state index contributed by atoms with van der Waals surface area (Å²) >= 11 is 1.72. The van der Waals surface area contributed by atoms with Crippen molar-refractivity contribution >= 4 is 11.8 Å². The van der Waals surface area contributed by atoms with Crippen LogP contribution in [0.2, 0.25) is 0 Å². The molecule has 0 unspecified atom stereocenters. The van der Waals surface area contributed by atoms with Gasteiger partial charge in [-0.05, 0) is 51.1 Å². The molecule has 0 aromatic carbocycles. The third-order valence-corrected chi connectivity index (χ3v) is 3.90. The fraction of sp³-hybridized carbons (Fsp3) is 0.429. The van der Waals surface area contributed by atoms with Crippen LogP contribution in [0.4, 0.5) is 0 Å². The van der Waals surface area contributed by atoms with Crippen molar-refractivity contribution in [1.82, 2.24) is 14.8 Å². The average molecular weight is 261 g/mol. The molecule has 4 heteroatoms. The van der Waals surface area contributed by atoms with Gasteiger partial charge in [-0.3, -0.25) is 9.67 Å². The predicted octanol–water partition coefficient (Wildman–Crippen LogP) is 3.61. The van der Waals surface area contributed by atoms with E-state index in [1.165, 1.54) is 16.2 Å². The third kappa shape index (κ3) is 2.29. The molecule has 2 aromatic rings. The SMILES string of the molecule is CCn1nc(-c2nc(C)c(C)cc2C)cc1SC. The molecule has 96 valence electrons. The Morgan fingerprint density at radius 3 is 2.44 bits per heavy atom. The van der Waals surface area contributed by atoms with Gasteiger partial charge in [-0.15, -0.1) is 11.8 Å². The summed E-state index contributed by atoms with van der Waals surface area (Å²) < 4.78 is 2.02. The minimum absolute atomic E-state index is 0.889. The van der Waals surface area contributed by atoms with E-state index < -0.39 is 0 Å². The van der Waals surface area contributed by atoms with Crippen molar-refractivity contribution in [1.29, 1.82) is 0 Å². The van der Waals surface area contributed by atoms with Crippen LogP contribution in [0.15, 0.2) is 17.2 Å². The first-order valence-electron chi connectivity index (χ1n) is 6.13. The molecular formula is C14H19N3S. The zero-order valence-electron chi connectivity index (χ0n) is 11.6. The zero-order valence-corrected chi connectivity index (χ0v) is 12.4. The van der Waals surface area contributed by atoms with Gasteiger partial charge in [0.1, 0.15) is 5.69 Å². The molecule has 0 atom stereocenters. The lowest BCUT2D eigenvalue weighted by Crippen LogP contribution is -1.99. The maximum Gasteiger partial charge on any atom is 0.112 e. The van der Waals surface area contributed by atoms with Gasteiger partial charge in [-0.2, -0.15) is 5.10 Å². The molecule has 3 nitrogen and oxygen atoms in total. The molecule has 0 spiro atoms. The topological polar surface area (TPSA) is 30.7 Å². The van der Waals surface area contributed by atoms with Gasteiger partial charge in [0.25, 0.3) is 0 Å². The Hall–Kier alpha value is -1.29. The van der Waals surface area contributed by atoms with Crippen LogP contribution in [0.3, 0.4) is 0 Å². The van der Waals surface area contributed by atoms with Gasteiger partial charge >= 0.3 is 0 Å². The number of thioether (sulfide) groups is 1. The van der Waals surface area contributed by atoms with Crippen LogP contribution in [-0.4, -0.2) is 21.0 Å². The second kappa shape index (κ2) is 5.14. The first-order chi connectivity index (χ1) is 8.56. The molecule has 0 bridgehead atoms. The van der Waals surface area contributed by atoms with Crippen LogP contribution < -0.4 is 0 Å². The first kappa shape index (κ1) is 13.1. The number of aryl methyl sites for hydroxylation is 4. The van der Waals surface area contributed by atoms with Crippen molar-refractivity contribution in [3.05, 3.63) is 29.0 Å². The number of rotatable bonds is 3. The second-order valence-electron chi connectivity index (χ2n) is 4.44. The summed E-state index contributed by atoms with van der Waals surface area (Å²) in [6.07, 6.45) is 2.08. The quantitative estimate of drug-likeness (QED) is 0.791. The van der Waals surface area contributed by atoms with Crippen molar-refractivity contribution in [2.45, 2.75) is 39.3 Å². The molecule has 18 heavy (non-hydrogen) atoms. The summed E-state index contributed by atoms with van der Waals surface area (Å²) in [5.41, 5.74) is 5.47. The minimum Gasteiger partial charge on any atom is -0.259 e. The van der Waals surface area contributed by atoms with Gasteiger partial charge in [0.15, 0.2) is 0 Å². The van der Waals surface area contributed by atoms with E-state index in [-0.39, 0.29) is 0 Å². The highest BCUT2D eigenvalue weighted by Gasteiger charge is 2.12. The summed E-state index contributed by atoms with van der Waals surface area (Å²) in [6.45, 7) is 9.23. The molecule has 2 aromatic heterocycles. The second-order valence-corrected chi connectivity index (χ2v) is 5.27. The monoisotopic (exact) mass is 261 g/mol. The van der Waals surface area contributed by atoms with Crippen molar-refractivity contribution in [2.75, 3.05) is 6.26 Å². The van der Waals surface area contributed by atoms with Crippen LogP contribution in [0.25, 0.3) is 11.4 Å². The molecule has 0 amide bonds. The van der Waals surface area contributed by atoms with E-state index in [9.17, 15) is 0 Å². The maximum absolute atomic E-state index is 4.68. The van der Waals surface area contributed by atoms with Gasteiger partial charge in [0.2, 0.25) is 0 Å². The van der Waals surface area contributed by atoms with E-state index in [4.69, 9.17) is 0 Å². The summed E-state index contributed by atoms with van der Waals surface area (Å²) in [5, 5.41) is 5.82. The van der Waals surface area contributed by atoms with E-state index in [0.717, 1.165) is 23.6 Å². The Balaban J connectivity index is 2.55. The lowest BCUT2D eigenvalue weighted by atomic mass is 10.1. The van der Waals surface area contributed by atoms with Crippen LogP contribution in [0.5, 0.6) is 0 Å². The normalized spacial score (nSPS) is 10.9. The zero-order chi connectivity index (χ0) is 13.3. The Morgan fingerprint density at radius 2 is 1.89 bits per heavy atom. The lowest BCUT2D eigenvalue weighted by molar-refractivity contribution is 0.607. The molecule has 0 aliphatic rings. The molecule has 2 rings (SSSR count).